The molecule has 1 saturated heterocycles. The van der Waals surface area contributed by atoms with Gasteiger partial charge in [0.25, 0.3) is 0 Å². The monoisotopic (exact) mass is 584 g/mol. The molecule has 4 rings (SSSR count). The van der Waals surface area contributed by atoms with Gasteiger partial charge in [-0.25, -0.2) is 9.97 Å². The lowest BCUT2D eigenvalue weighted by Crippen LogP contribution is -2.30. The zero-order valence-corrected chi connectivity index (χ0v) is 24.2. The molecule has 1 amide bonds. The molecule has 216 valence electrons. The molecule has 0 spiro atoms. The molecule has 1 fully saturated rings. The van der Waals surface area contributed by atoms with E-state index in [4.69, 9.17) is 0 Å². The summed E-state index contributed by atoms with van der Waals surface area (Å²) >= 11 is 1.37. The van der Waals surface area contributed by atoms with Crippen molar-refractivity contribution in [1.29, 1.82) is 0 Å². The van der Waals surface area contributed by atoms with E-state index in [0.717, 1.165) is 22.5 Å². The van der Waals surface area contributed by atoms with E-state index >= 15 is 0 Å². The number of amidine groups is 1. The number of hydrogen-bond acceptors (Lipinski definition) is 8. The predicted molar refractivity (Wildman–Crippen MR) is 157 cm³/mol. The molecule has 12 heteroatoms. The maximum absolute atomic E-state index is 12.7. The quantitative estimate of drug-likeness (QED) is 0.202. The number of para-hydroxylation sites is 1. The van der Waals surface area contributed by atoms with Crippen LogP contribution in [0.25, 0.3) is 0 Å². The van der Waals surface area contributed by atoms with Crippen molar-refractivity contribution in [2.75, 3.05) is 22.6 Å². The van der Waals surface area contributed by atoms with Gasteiger partial charge >= 0.3 is 6.36 Å². The van der Waals surface area contributed by atoms with Gasteiger partial charge in [-0.05, 0) is 66.6 Å². The summed E-state index contributed by atoms with van der Waals surface area (Å²) in [6, 6.07) is 13.3. The molecule has 3 aromatic rings. The molecule has 1 unspecified atom stereocenters. The van der Waals surface area contributed by atoms with E-state index in [1.165, 1.54) is 36.0 Å². The molecule has 0 bridgehead atoms. The Hall–Kier alpha value is -3.93. The van der Waals surface area contributed by atoms with Crippen LogP contribution in [-0.2, 0) is 11.2 Å². The number of anilines is 3. The first-order valence-electron chi connectivity index (χ1n) is 13.0. The minimum absolute atomic E-state index is 0.0184. The van der Waals surface area contributed by atoms with E-state index in [9.17, 15) is 18.0 Å². The first kappa shape index (κ1) is 30.0. The molecule has 2 aromatic carbocycles. The average molecular weight is 585 g/mol. The molecule has 8 nitrogen and oxygen atoms in total. The second kappa shape index (κ2) is 12.7. The fraction of sp³-hybridized carbons (Fsp3) is 0.345. The Labute approximate surface area is 241 Å². The topological polar surface area (TPSA) is 83.3 Å². The number of thioether (sulfide) groups is 1. The number of alkyl halides is 3. The highest BCUT2D eigenvalue weighted by Crippen LogP contribution is 2.33. The Bertz CT molecular complexity index is 1440. The number of rotatable bonds is 9. The maximum atomic E-state index is 12.7. The summed E-state index contributed by atoms with van der Waals surface area (Å²) in [4.78, 5) is 25.0. The number of halogens is 3. The third-order valence-electron chi connectivity index (χ3n) is 6.40. The molecule has 0 aliphatic carbocycles. The lowest BCUT2D eigenvalue weighted by molar-refractivity contribution is -0.274. The fourth-order valence-electron chi connectivity index (χ4n) is 4.28. The van der Waals surface area contributed by atoms with Gasteiger partial charge in [0.15, 0.2) is 5.17 Å². The van der Waals surface area contributed by atoms with Crippen LogP contribution in [0.15, 0.2) is 64.9 Å². The third-order valence-corrected chi connectivity index (χ3v) is 7.31. The number of carbonyl (C=O) groups excluding carboxylic acids is 1. The van der Waals surface area contributed by atoms with Gasteiger partial charge in [0, 0.05) is 30.8 Å². The fourth-order valence-corrected chi connectivity index (χ4v) is 5.09. The number of ether oxygens (including phenoxy) is 1. The summed E-state index contributed by atoms with van der Waals surface area (Å²) in [7, 11) is 1.73. The molecule has 1 aliphatic rings. The molecule has 0 N–H and O–H groups in total. The van der Waals surface area contributed by atoms with Crippen LogP contribution in [0.1, 0.15) is 43.5 Å². The van der Waals surface area contributed by atoms with Gasteiger partial charge in [0.2, 0.25) is 11.9 Å². The van der Waals surface area contributed by atoms with Crippen LogP contribution in [-0.4, -0.2) is 46.4 Å². The molecular weight excluding hydrogens is 553 g/mol. The minimum atomic E-state index is -4.74. The molecule has 41 heavy (non-hydrogen) atoms. The lowest BCUT2D eigenvalue weighted by atomic mass is 10.0. The van der Waals surface area contributed by atoms with E-state index in [1.54, 1.807) is 29.3 Å². The van der Waals surface area contributed by atoms with Crippen LogP contribution >= 0.6 is 11.8 Å². The van der Waals surface area contributed by atoms with Crippen molar-refractivity contribution in [3.05, 3.63) is 71.5 Å². The first-order chi connectivity index (χ1) is 19.4. The van der Waals surface area contributed by atoms with E-state index in [-0.39, 0.29) is 23.5 Å². The first-order valence-corrected chi connectivity index (χ1v) is 14.0. The van der Waals surface area contributed by atoms with Crippen LogP contribution in [0.5, 0.6) is 5.75 Å². The normalized spacial score (nSPS) is 15.8. The molecule has 1 aromatic heterocycles. The summed E-state index contributed by atoms with van der Waals surface area (Å²) in [6.45, 7) is 8.07. The summed E-state index contributed by atoms with van der Waals surface area (Å²) in [5.74, 6) is 0.684. The van der Waals surface area contributed by atoms with Crippen LogP contribution in [0.3, 0.4) is 0 Å². The SMILES string of the molecule is Cc1nc(N(C)c2ccc(OC(F)(F)F)cc2)ncc1CC(C)/C=N\N=C1/SCC(=O)N1c1ccccc1C(C)C. The van der Waals surface area contributed by atoms with Gasteiger partial charge in [0.05, 0.1) is 11.4 Å². The lowest BCUT2D eigenvalue weighted by Gasteiger charge is -2.21. The Kier molecular flexibility index (Phi) is 9.31. The number of amides is 1. The van der Waals surface area contributed by atoms with Gasteiger partial charge in [-0.15, -0.1) is 18.3 Å². The molecule has 1 aliphatic heterocycles. The average Bonchev–Trinajstić information content (AvgIpc) is 3.28. The van der Waals surface area contributed by atoms with Gasteiger partial charge < -0.3 is 9.64 Å². The second-order valence-electron chi connectivity index (χ2n) is 9.94. The van der Waals surface area contributed by atoms with Crippen molar-refractivity contribution in [2.24, 2.45) is 16.1 Å². The minimum Gasteiger partial charge on any atom is -0.406 e. The second-order valence-corrected chi connectivity index (χ2v) is 10.9. The van der Waals surface area contributed by atoms with Crippen molar-refractivity contribution >= 4 is 46.4 Å². The van der Waals surface area contributed by atoms with E-state index in [1.807, 2.05) is 38.1 Å². The van der Waals surface area contributed by atoms with Gasteiger partial charge in [0.1, 0.15) is 5.75 Å². The Morgan fingerprint density at radius 2 is 1.85 bits per heavy atom. The van der Waals surface area contributed by atoms with Crippen LogP contribution in [0, 0.1) is 12.8 Å². The predicted octanol–water partition coefficient (Wildman–Crippen LogP) is 6.88. The van der Waals surface area contributed by atoms with Crippen molar-refractivity contribution in [2.45, 2.75) is 46.4 Å². The highest BCUT2D eigenvalue weighted by molar-refractivity contribution is 8.15. The highest BCUT2D eigenvalue weighted by atomic mass is 32.2. The van der Waals surface area contributed by atoms with E-state index in [0.29, 0.717) is 29.0 Å². The van der Waals surface area contributed by atoms with Gasteiger partial charge in [-0.2, -0.15) is 5.10 Å². The van der Waals surface area contributed by atoms with Crippen molar-refractivity contribution in [3.8, 4) is 5.75 Å². The Balaban J connectivity index is 1.41. The summed E-state index contributed by atoms with van der Waals surface area (Å²) < 4.78 is 41.2. The number of aryl methyl sites for hydroxylation is 1. The van der Waals surface area contributed by atoms with Crippen LogP contribution < -0.4 is 14.5 Å². The zero-order chi connectivity index (χ0) is 29.7. The summed E-state index contributed by atoms with van der Waals surface area (Å²) in [5.41, 5.74) is 4.23. The number of hydrogen-bond donors (Lipinski definition) is 0. The standard InChI is InChI=1S/C29H31F3N6O2S/c1-18(2)24-8-6-7-9-25(24)38-26(39)17-41-28(38)36-34-15-19(3)14-21-16-33-27(35-20(21)4)37(5)22-10-12-23(13-11-22)40-29(30,31)32/h6-13,15-16,18-19H,14,17H2,1-5H3/b34-15-,36-28-. The smallest absolute Gasteiger partial charge is 0.406 e. The number of aromatic nitrogens is 2. The van der Waals surface area contributed by atoms with Crippen molar-refractivity contribution in [1.82, 2.24) is 9.97 Å². The van der Waals surface area contributed by atoms with Gasteiger partial charge in [-0.1, -0.05) is 50.7 Å². The maximum Gasteiger partial charge on any atom is 0.573 e. The van der Waals surface area contributed by atoms with Crippen molar-refractivity contribution in [3.63, 3.8) is 0 Å². The number of benzene rings is 2. The number of nitrogens with zero attached hydrogens (tertiary/aromatic N) is 6. The van der Waals surface area contributed by atoms with Gasteiger partial charge in [-0.3, -0.25) is 9.69 Å². The molecule has 0 radical (unpaired) electrons. The number of carbonyl (C=O) groups is 1. The zero-order valence-electron chi connectivity index (χ0n) is 23.4. The van der Waals surface area contributed by atoms with Crippen molar-refractivity contribution < 1.29 is 22.7 Å². The largest absolute Gasteiger partial charge is 0.573 e. The van der Waals surface area contributed by atoms with Crippen LogP contribution in [0.2, 0.25) is 0 Å². The molecular formula is C29H31F3N6O2S. The third kappa shape index (κ3) is 7.63. The van der Waals surface area contributed by atoms with E-state index < -0.39 is 6.36 Å². The molecule has 2 heterocycles. The van der Waals surface area contributed by atoms with Crippen LogP contribution in [0.4, 0.5) is 30.5 Å². The Morgan fingerprint density at radius 1 is 1.15 bits per heavy atom. The molecule has 0 saturated carbocycles. The van der Waals surface area contributed by atoms with E-state index in [2.05, 4.69) is 38.8 Å². The highest BCUT2D eigenvalue weighted by Gasteiger charge is 2.32. The Morgan fingerprint density at radius 3 is 2.51 bits per heavy atom. The summed E-state index contributed by atoms with van der Waals surface area (Å²) in [6.07, 6.45) is -0.638. The molecule has 1 atom stereocenters. The summed E-state index contributed by atoms with van der Waals surface area (Å²) in [5, 5.41) is 9.23.